The predicted octanol–water partition coefficient (Wildman–Crippen LogP) is 1.32. The molecule has 4 rings (SSSR count). The minimum Gasteiger partial charge on any atom is -0.467 e. The zero-order valence-electron chi connectivity index (χ0n) is 17.3. The number of furan rings is 1. The molecule has 1 fully saturated rings. The van der Waals surface area contributed by atoms with Gasteiger partial charge in [-0.3, -0.25) is 19.6 Å². The highest BCUT2D eigenvalue weighted by Crippen LogP contribution is 2.19. The zero-order valence-corrected chi connectivity index (χ0v) is 17.3. The molecular weight excluding hydrogens is 402 g/mol. The van der Waals surface area contributed by atoms with Crippen molar-refractivity contribution in [3.63, 3.8) is 0 Å². The molecule has 0 bridgehead atoms. The first-order valence-electron chi connectivity index (χ1n) is 10.3. The average molecular weight is 427 g/mol. The maximum absolute atomic E-state index is 12.4. The number of ether oxygens (including phenoxy) is 1. The Labute approximate surface area is 178 Å². The second-order valence-corrected chi connectivity index (χ2v) is 7.50. The van der Waals surface area contributed by atoms with Crippen LogP contribution in [0.3, 0.4) is 0 Å². The molecule has 0 aromatic carbocycles. The molecule has 164 valence electrons. The Morgan fingerprint density at radius 1 is 1.35 bits per heavy atom. The molecule has 0 aliphatic carbocycles. The molecule has 10 heteroatoms. The maximum Gasteiger partial charge on any atom is 0.343 e. The van der Waals surface area contributed by atoms with E-state index < -0.39 is 5.97 Å². The number of nitrogens with zero attached hydrogens (tertiary/aromatic N) is 3. The number of hydrogen-bond donors (Lipinski definition) is 2. The molecule has 0 radical (unpaired) electrons. The number of nitrogens with one attached hydrogen (secondary N) is 2. The lowest BCUT2D eigenvalue weighted by Crippen LogP contribution is -2.40. The molecule has 1 aliphatic heterocycles. The van der Waals surface area contributed by atoms with Crippen molar-refractivity contribution in [3.05, 3.63) is 58.0 Å². The number of hydrogen-bond acceptors (Lipinski definition) is 7. The molecule has 0 saturated carbocycles. The van der Waals surface area contributed by atoms with Crippen LogP contribution < -0.4 is 10.9 Å². The SMILES string of the molecule is CCOC(=O)c1c[nH]n2c(=O)cc(CN3CCC(C(=O)NCc4ccco4)CC3)nc12. The highest BCUT2D eigenvalue weighted by molar-refractivity contribution is 5.95. The summed E-state index contributed by atoms with van der Waals surface area (Å²) >= 11 is 0. The molecule has 1 saturated heterocycles. The third-order valence-corrected chi connectivity index (χ3v) is 5.41. The average Bonchev–Trinajstić information content (AvgIpc) is 3.43. The van der Waals surface area contributed by atoms with Gasteiger partial charge in [0.2, 0.25) is 5.91 Å². The monoisotopic (exact) mass is 427 g/mol. The summed E-state index contributed by atoms with van der Waals surface area (Å²) in [7, 11) is 0. The number of aromatic nitrogens is 3. The van der Waals surface area contributed by atoms with Gasteiger partial charge < -0.3 is 14.5 Å². The minimum absolute atomic E-state index is 0.0280. The van der Waals surface area contributed by atoms with Crippen LogP contribution in [-0.4, -0.2) is 51.1 Å². The third kappa shape index (κ3) is 4.69. The van der Waals surface area contributed by atoms with Gasteiger partial charge >= 0.3 is 5.97 Å². The van der Waals surface area contributed by atoms with Crippen LogP contribution >= 0.6 is 0 Å². The van der Waals surface area contributed by atoms with Gasteiger partial charge in [0.1, 0.15) is 11.3 Å². The van der Waals surface area contributed by atoms with E-state index in [2.05, 4.69) is 20.3 Å². The van der Waals surface area contributed by atoms with E-state index in [1.54, 1.807) is 19.3 Å². The summed E-state index contributed by atoms with van der Waals surface area (Å²) in [5.74, 6) is 0.185. The first-order chi connectivity index (χ1) is 15.0. The van der Waals surface area contributed by atoms with Crippen molar-refractivity contribution in [2.24, 2.45) is 5.92 Å². The molecule has 10 nitrogen and oxygen atoms in total. The topological polar surface area (TPSA) is 122 Å². The highest BCUT2D eigenvalue weighted by Gasteiger charge is 2.25. The number of carbonyl (C=O) groups is 2. The molecule has 4 heterocycles. The van der Waals surface area contributed by atoms with Crippen LogP contribution in [0.2, 0.25) is 0 Å². The molecule has 1 amide bonds. The summed E-state index contributed by atoms with van der Waals surface area (Å²) in [6.07, 6.45) is 4.46. The molecule has 0 spiro atoms. The fourth-order valence-electron chi connectivity index (χ4n) is 3.78. The summed E-state index contributed by atoms with van der Waals surface area (Å²) in [5.41, 5.74) is 0.777. The Kier molecular flexibility index (Phi) is 6.17. The van der Waals surface area contributed by atoms with Gasteiger partial charge in [-0.25, -0.2) is 14.3 Å². The molecule has 0 atom stereocenters. The van der Waals surface area contributed by atoms with E-state index in [1.165, 1.54) is 16.8 Å². The van der Waals surface area contributed by atoms with Gasteiger partial charge in [0.05, 0.1) is 25.1 Å². The van der Waals surface area contributed by atoms with Gasteiger partial charge in [-0.05, 0) is 45.0 Å². The van der Waals surface area contributed by atoms with Crippen molar-refractivity contribution in [1.29, 1.82) is 0 Å². The van der Waals surface area contributed by atoms with E-state index >= 15 is 0 Å². The number of fused-ring (bicyclic) bond motifs is 1. The molecule has 2 N–H and O–H groups in total. The van der Waals surface area contributed by atoms with E-state index in [1.807, 2.05) is 6.07 Å². The molecule has 3 aromatic heterocycles. The lowest BCUT2D eigenvalue weighted by atomic mass is 9.96. The van der Waals surface area contributed by atoms with Crippen molar-refractivity contribution in [2.45, 2.75) is 32.9 Å². The first kappa shape index (κ1) is 20.9. The summed E-state index contributed by atoms with van der Waals surface area (Å²) in [4.78, 5) is 43.6. The minimum atomic E-state index is -0.522. The first-order valence-corrected chi connectivity index (χ1v) is 10.3. The summed E-state index contributed by atoms with van der Waals surface area (Å²) in [6, 6.07) is 5.08. The van der Waals surface area contributed by atoms with Gasteiger partial charge in [0.25, 0.3) is 5.56 Å². The fourth-order valence-corrected chi connectivity index (χ4v) is 3.78. The number of rotatable bonds is 7. The molecular formula is C21H25N5O5. The smallest absolute Gasteiger partial charge is 0.343 e. The van der Waals surface area contributed by atoms with Crippen molar-refractivity contribution >= 4 is 17.5 Å². The van der Waals surface area contributed by atoms with E-state index in [9.17, 15) is 14.4 Å². The fraction of sp³-hybridized carbons (Fsp3) is 0.429. The van der Waals surface area contributed by atoms with Crippen LogP contribution in [0.5, 0.6) is 0 Å². The summed E-state index contributed by atoms with van der Waals surface area (Å²) in [5, 5.41) is 5.66. The van der Waals surface area contributed by atoms with Crippen molar-refractivity contribution < 1.29 is 18.7 Å². The maximum atomic E-state index is 12.4. The van der Waals surface area contributed by atoms with Crippen LogP contribution in [0.15, 0.2) is 39.9 Å². The summed E-state index contributed by atoms with van der Waals surface area (Å²) < 4.78 is 11.5. The van der Waals surface area contributed by atoms with Gasteiger partial charge in [-0.2, -0.15) is 0 Å². The van der Waals surface area contributed by atoms with Gasteiger partial charge in [-0.15, -0.1) is 0 Å². The highest BCUT2D eigenvalue weighted by atomic mass is 16.5. The zero-order chi connectivity index (χ0) is 21.8. The lowest BCUT2D eigenvalue weighted by Gasteiger charge is -2.30. The Bertz CT molecular complexity index is 1110. The van der Waals surface area contributed by atoms with Crippen LogP contribution in [0, 0.1) is 5.92 Å². The van der Waals surface area contributed by atoms with Crippen molar-refractivity contribution in [2.75, 3.05) is 19.7 Å². The van der Waals surface area contributed by atoms with Crippen molar-refractivity contribution in [1.82, 2.24) is 24.8 Å². The number of amides is 1. The second kappa shape index (κ2) is 9.17. The quantitative estimate of drug-likeness (QED) is 0.545. The van der Waals surface area contributed by atoms with E-state index in [-0.39, 0.29) is 35.2 Å². The van der Waals surface area contributed by atoms with Crippen LogP contribution in [-0.2, 0) is 22.6 Å². The standard InChI is InChI=1S/C21H25N5O5/c1-2-30-21(29)17-12-23-26-18(27)10-15(24-19(17)26)13-25-7-5-14(6-8-25)20(28)22-11-16-4-3-9-31-16/h3-4,9-10,12,14,23H,2,5-8,11,13H2,1H3,(H,22,28). The summed E-state index contributed by atoms with van der Waals surface area (Å²) in [6.45, 7) is 4.26. The number of esters is 1. The van der Waals surface area contributed by atoms with Crippen LogP contribution in [0.1, 0.15) is 41.6 Å². The molecule has 31 heavy (non-hydrogen) atoms. The Morgan fingerprint density at radius 2 is 2.16 bits per heavy atom. The number of likely N-dealkylation sites (tertiary alicyclic amines) is 1. The predicted molar refractivity (Wildman–Crippen MR) is 110 cm³/mol. The van der Waals surface area contributed by atoms with Crippen LogP contribution in [0.25, 0.3) is 5.65 Å². The largest absolute Gasteiger partial charge is 0.467 e. The lowest BCUT2D eigenvalue weighted by molar-refractivity contribution is -0.126. The van der Waals surface area contributed by atoms with E-state index in [0.717, 1.165) is 31.7 Å². The number of piperidine rings is 1. The number of H-pyrrole nitrogens is 1. The Hall–Kier alpha value is -3.40. The third-order valence-electron chi connectivity index (χ3n) is 5.41. The molecule has 1 aliphatic rings. The number of aromatic amines is 1. The van der Waals surface area contributed by atoms with Gasteiger partial charge in [0, 0.05) is 24.7 Å². The Balaban J connectivity index is 1.36. The normalized spacial score (nSPS) is 15.3. The van der Waals surface area contributed by atoms with Crippen molar-refractivity contribution in [3.8, 4) is 0 Å². The molecule has 3 aromatic rings. The van der Waals surface area contributed by atoms with E-state index in [4.69, 9.17) is 9.15 Å². The van der Waals surface area contributed by atoms with E-state index in [0.29, 0.717) is 18.8 Å². The Morgan fingerprint density at radius 3 is 2.87 bits per heavy atom. The van der Waals surface area contributed by atoms with Gasteiger partial charge in [0.15, 0.2) is 5.65 Å². The van der Waals surface area contributed by atoms with Gasteiger partial charge in [-0.1, -0.05) is 0 Å². The number of carbonyl (C=O) groups excluding carboxylic acids is 2. The van der Waals surface area contributed by atoms with Crippen LogP contribution in [0.4, 0.5) is 0 Å². The molecule has 0 unspecified atom stereocenters. The second-order valence-electron chi connectivity index (χ2n) is 7.50.